The summed E-state index contributed by atoms with van der Waals surface area (Å²) in [4.78, 5) is 10.6. The Bertz CT molecular complexity index is 594. The van der Waals surface area contributed by atoms with Crippen molar-refractivity contribution in [1.29, 1.82) is 0 Å². The minimum absolute atomic E-state index is 0.800. The summed E-state index contributed by atoms with van der Waals surface area (Å²) in [7, 11) is 0. The normalized spacial score (nSPS) is 10.7. The summed E-state index contributed by atoms with van der Waals surface area (Å²) in [5.41, 5.74) is 3.59. The van der Waals surface area contributed by atoms with Crippen LogP contribution in [0.15, 0.2) is 29.2 Å². The van der Waals surface area contributed by atoms with E-state index in [0.29, 0.717) is 0 Å². The van der Waals surface area contributed by atoms with Crippen LogP contribution in [-0.2, 0) is 12.2 Å². The van der Waals surface area contributed by atoms with Gasteiger partial charge in [-0.15, -0.1) is 11.8 Å². The third-order valence-electron chi connectivity index (χ3n) is 3.36. The maximum Gasteiger partial charge on any atom is 0.141 e. The maximum atomic E-state index is 4.69. The van der Waals surface area contributed by atoms with E-state index in [1.807, 2.05) is 0 Å². The van der Waals surface area contributed by atoms with E-state index in [1.165, 1.54) is 16.0 Å². The van der Waals surface area contributed by atoms with Crippen LogP contribution in [0.4, 0.5) is 5.82 Å². The van der Waals surface area contributed by atoms with Crippen LogP contribution in [-0.4, -0.2) is 16.5 Å². The van der Waals surface area contributed by atoms with Crippen molar-refractivity contribution in [3.05, 3.63) is 46.9 Å². The summed E-state index contributed by atoms with van der Waals surface area (Å²) in [5.74, 6) is 2.68. The van der Waals surface area contributed by atoms with E-state index in [2.05, 4.69) is 62.3 Å². The second kappa shape index (κ2) is 7.46. The van der Waals surface area contributed by atoms with Gasteiger partial charge in [0, 0.05) is 22.7 Å². The van der Waals surface area contributed by atoms with E-state index in [-0.39, 0.29) is 0 Å². The quantitative estimate of drug-likeness (QED) is 0.804. The van der Waals surface area contributed by atoms with Crippen molar-refractivity contribution < 1.29 is 0 Å². The van der Waals surface area contributed by atoms with Crippen molar-refractivity contribution in [3.63, 3.8) is 0 Å². The zero-order chi connectivity index (χ0) is 15.2. The van der Waals surface area contributed by atoms with Crippen LogP contribution >= 0.6 is 11.8 Å². The van der Waals surface area contributed by atoms with E-state index in [9.17, 15) is 0 Å². The minimum atomic E-state index is 0.800. The molecule has 0 aliphatic rings. The predicted molar refractivity (Wildman–Crippen MR) is 91.1 cm³/mol. The summed E-state index contributed by atoms with van der Waals surface area (Å²) < 4.78 is 0. The molecule has 21 heavy (non-hydrogen) atoms. The lowest BCUT2D eigenvalue weighted by Gasteiger charge is -2.12. The van der Waals surface area contributed by atoms with Gasteiger partial charge in [0.15, 0.2) is 0 Å². The first-order valence-electron chi connectivity index (χ1n) is 7.43. The molecule has 0 saturated heterocycles. The van der Waals surface area contributed by atoms with Gasteiger partial charge in [-0.3, -0.25) is 0 Å². The number of thioether (sulfide) groups is 1. The molecule has 0 fully saturated rings. The molecule has 0 aliphatic carbocycles. The molecule has 0 unspecified atom stereocenters. The molecule has 4 heteroatoms. The fourth-order valence-electron chi connectivity index (χ4n) is 2.14. The highest BCUT2D eigenvalue weighted by Gasteiger charge is 2.09. The molecular weight excluding hydrogens is 278 g/mol. The zero-order valence-corrected chi connectivity index (χ0v) is 14.0. The van der Waals surface area contributed by atoms with Crippen LogP contribution in [0, 0.1) is 13.8 Å². The maximum absolute atomic E-state index is 4.69. The van der Waals surface area contributed by atoms with Crippen molar-refractivity contribution in [2.24, 2.45) is 0 Å². The molecule has 2 rings (SSSR count). The molecule has 0 spiro atoms. The van der Waals surface area contributed by atoms with Crippen molar-refractivity contribution in [1.82, 2.24) is 9.97 Å². The summed E-state index contributed by atoms with van der Waals surface area (Å²) >= 11 is 1.78. The molecule has 0 aliphatic heterocycles. The van der Waals surface area contributed by atoms with E-state index in [1.54, 1.807) is 11.8 Å². The van der Waals surface area contributed by atoms with Gasteiger partial charge in [-0.2, -0.15) is 0 Å². The average molecular weight is 301 g/mol. The van der Waals surface area contributed by atoms with E-state index in [4.69, 9.17) is 4.98 Å². The number of benzene rings is 1. The Labute approximate surface area is 131 Å². The number of aromatic nitrogens is 2. The number of rotatable bonds is 6. The lowest BCUT2D eigenvalue weighted by Crippen LogP contribution is -2.08. The topological polar surface area (TPSA) is 37.8 Å². The number of nitrogens with zero attached hydrogens (tertiary/aromatic N) is 2. The second-order valence-corrected chi connectivity index (χ2v) is 6.09. The van der Waals surface area contributed by atoms with Gasteiger partial charge in [0.25, 0.3) is 0 Å². The van der Waals surface area contributed by atoms with Gasteiger partial charge in [-0.25, -0.2) is 9.97 Å². The van der Waals surface area contributed by atoms with Crippen LogP contribution in [0.25, 0.3) is 0 Å². The molecule has 0 bridgehead atoms. The second-order valence-electron chi connectivity index (χ2n) is 5.05. The number of hydrogen-bond acceptors (Lipinski definition) is 4. The fraction of sp³-hybridized carbons (Fsp3) is 0.412. The number of anilines is 1. The molecule has 2 aromatic rings. The standard InChI is InChI=1S/C17H23N3S/c1-5-15-13(4)17(18-6-2)20-16(19-15)11-21-14-9-7-12(3)8-10-14/h7-10H,5-6,11H2,1-4H3,(H,18,19,20). The highest BCUT2D eigenvalue weighted by atomic mass is 32.2. The van der Waals surface area contributed by atoms with Crippen molar-refractivity contribution in [2.75, 3.05) is 11.9 Å². The van der Waals surface area contributed by atoms with Gasteiger partial charge in [-0.05, 0) is 39.3 Å². The molecule has 1 heterocycles. The Morgan fingerprint density at radius 1 is 1.05 bits per heavy atom. The van der Waals surface area contributed by atoms with Crippen LogP contribution < -0.4 is 5.32 Å². The predicted octanol–water partition coefficient (Wildman–Crippen LogP) is 4.38. The molecule has 1 aromatic heterocycles. The van der Waals surface area contributed by atoms with E-state index >= 15 is 0 Å². The Kier molecular flexibility index (Phi) is 5.62. The molecule has 0 amide bonds. The van der Waals surface area contributed by atoms with Gasteiger partial charge in [0.2, 0.25) is 0 Å². The Hall–Kier alpha value is -1.55. The molecule has 0 radical (unpaired) electrons. The summed E-state index contributed by atoms with van der Waals surface area (Å²) in [5, 5.41) is 3.34. The Morgan fingerprint density at radius 2 is 1.76 bits per heavy atom. The van der Waals surface area contributed by atoms with Gasteiger partial charge in [0.1, 0.15) is 11.6 Å². The van der Waals surface area contributed by atoms with Gasteiger partial charge < -0.3 is 5.32 Å². The third-order valence-corrected chi connectivity index (χ3v) is 4.37. The monoisotopic (exact) mass is 301 g/mol. The highest BCUT2D eigenvalue weighted by Crippen LogP contribution is 2.24. The van der Waals surface area contributed by atoms with Gasteiger partial charge in [-0.1, -0.05) is 24.6 Å². The summed E-state index contributed by atoms with van der Waals surface area (Å²) in [6.07, 6.45) is 0.939. The van der Waals surface area contributed by atoms with Crippen molar-refractivity contribution in [2.45, 2.75) is 44.8 Å². The van der Waals surface area contributed by atoms with E-state index in [0.717, 1.165) is 36.1 Å². The molecule has 1 N–H and O–H groups in total. The van der Waals surface area contributed by atoms with Gasteiger partial charge in [0.05, 0.1) is 5.75 Å². The van der Waals surface area contributed by atoms with E-state index < -0.39 is 0 Å². The smallest absolute Gasteiger partial charge is 0.141 e. The van der Waals surface area contributed by atoms with Gasteiger partial charge >= 0.3 is 0 Å². The van der Waals surface area contributed by atoms with Crippen LogP contribution in [0.3, 0.4) is 0 Å². The minimum Gasteiger partial charge on any atom is -0.370 e. The molecule has 3 nitrogen and oxygen atoms in total. The Balaban J connectivity index is 2.15. The lowest BCUT2D eigenvalue weighted by molar-refractivity contribution is 0.914. The molecule has 112 valence electrons. The molecule has 0 saturated carbocycles. The first-order valence-corrected chi connectivity index (χ1v) is 8.42. The molecular formula is C17H23N3S. The van der Waals surface area contributed by atoms with Crippen LogP contribution in [0.2, 0.25) is 0 Å². The third kappa shape index (κ3) is 4.21. The van der Waals surface area contributed by atoms with Crippen LogP contribution in [0.5, 0.6) is 0 Å². The number of hydrogen-bond donors (Lipinski definition) is 1. The van der Waals surface area contributed by atoms with Crippen molar-refractivity contribution >= 4 is 17.6 Å². The first kappa shape index (κ1) is 15.8. The fourth-order valence-corrected chi connectivity index (χ4v) is 2.90. The molecule has 1 aromatic carbocycles. The largest absolute Gasteiger partial charge is 0.370 e. The SMILES string of the molecule is CCNc1nc(CSc2ccc(C)cc2)nc(CC)c1C. The highest BCUT2D eigenvalue weighted by molar-refractivity contribution is 7.98. The summed E-state index contributed by atoms with van der Waals surface area (Å²) in [6.45, 7) is 9.31. The number of aryl methyl sites for hydroxylation is 2. The zero-order valence-electron chi connectivity index (χ0n) is 13.2. The number of nitrogens with one attached hydrogen (secondary N) is 1. The van der Waals surface area contributed by atoms with Crippen LogP contribution in [0.1, 0.15) is 36.5 Å². The molecule has 0 atom stereocenters. The lowest BCUT2D eigenvalue weighted by atomic mass is 10.2. The first-order chi connectivity index (χ1) is 10.1. The summed E-state index contributed by atoms with van der Waals surface area (Å²) in [6, 6.07) is 8.58. The Morgan fingerprint density at radius 3 is 2.38 bits per heavy atom. The average Bonchev–Trinajstić information content (AvgIpc) is 2.49. The van der Waals surface area contributed by atoms with Crippen molar-refractivity contribution in [3.8, 4) is 0 Å².